The number of benzene rings is 2. The van der Waals surface area contributed by atoms with Crippen molar-refractivity contribution >= 4 is 23.5 Å². The van der Waals surface area contributed by atoms with Gasteiger partial charge >= 0.3 is 5.97 Å². The number of ether oxygens (including phenoxy) is 2. The van der Waals surface area contributed by atoms with Crippen molar-refractivity contribution in [1.29, 1.82) is 0 Å². The van der Waals surface area contributed by atoms with Gasteiger partial charge in [-0.25, -0.2) is 9.78 Å². The average molecular weight is 481 g/mol. The molecule has 34 heavy (non-hydrogen) atoms. The topological polar surface area (TPSA) is 89.0 Å². The molecule has 4 rings (SSSR count). The van der Waals surface area contributed by atoms with E-state index in [0.29, 0.717) is 49.1 Å². The van der Waals surface area contributed by atoms with Crippen molar-refractivity contribution in [3.63, 3.8) is 0 Å². The lowest BCUT2D eigenvalue weighted by molar-refractivity contribution is -0.141. The fourth-order valence-corrected chi connectivity index (χ4v) is 4.42. The van der Waals surface area contributed by atoms with Gasteiger partial charge < -0.3 is 19.5 Å². The van der Waals surface area contributed by atoms with Gasteiger partial charge in [0.05, 0.1) is 6.61 Å². The van der Waals surface area contributed by atoms with Gasteiger partial charge in [0.25, 0.3) is 5.91 Å². The Bertz CT molecular complexity index is 1200. The Morgan fingerprint density at radius 3 is 2.62 bits per heavy atom. The maximum atomic E-state index is 13.3. The van der Waals surface area contributed by atoms with Crippen molar-refractivity contribution in [2.75, 3.05) is 26.9 Å². The third-order valence-electron chi connectivity index (χ3n) is 5.82. The molecule has 0 saturated carbocycles. The van der Waals surface area contributed by atoms with E-state index >= 15 is 0 Å². The van der Waals surface area contributed by atoms with E-state index in [1.165, 1.54) is 4.90 Å². The normalized spacial score (nSPS) is 15.4. The van der Waals surface area contributed by atoms with Gasteiger partial charge in [0, 0.05) is 41.6 Å². The molecule has 1 fully saturated rings. The van der Waals surface area contributed by atoms with E-state index in [0.717, 1.165) is 22.3 Å². The minimum atomic E-state index is -0.984. The average Bonchev–Trinajstić information content (AvgIpc) is 3.35. The summed E-state index contributed by atoms with van der Waals surface area (Å²) in [4.78, 5) is 30.7. The number of methoxy groups -OCH3 is 1. The van der Waals surface area contributed by atoms with Gasteiger partial charge in [0.2, 0.25) is 5.88 Å². The highest BCUT2D eigenvalue weighted by Gasteiger charge is 2.34. The number of carbonyl (C=O) groups is 2. The van der Waals surface area contributed by atoms with Gasteiger partial charge in [-0.05, 0) is 54.3 Å². The minimum Gasteiger partial charge on any atom is -0.480 e. The van der Waals surface area contributed by atoms with Crippen LogP contribution in [0.3, 0.4) is 0 Å². The monoisotopic (exact) mass is 480 g/mol. The molecule has 1 atom stereocenters. The molecule has 0 radical (unpaired) electrons. The quantitative estimate of drug-likeness (QED) is 0.466. The number of aromatic nitrogens is 1. The van der Waals surface area contributed by atoms with Crippen LogP contribution >= 0.6 is 11.6 Å². The zero-order valence-electron chi connectivity index (χ0n) is 18.7. The molecule has 3 aromatic rings. The minimum absolute atomic E-state index is 0.312. The number of rotatable bonds is 8. The summed E-state index contributed by atoms with van der Waals surface area (Å²) in [5, 5.41) is 10.1. The molecule has 176 valence electrons. The summed E-state index contributed by atoms with van der Waals surface area (Å²) in [6.07, 6.45) is 2.77. The van der Waals surface area contributed by atoms with Crippen LogP contribution in [0.2, 0.25) is 5.02 Å². The first-order chi connectivity index (χ1) is 16.5. The molecule has 1 saturated heterocycles. The predicted molar refractivity (Wildman–Crippen MR) is 129 cm³/mol. The lowest BCUT2D eigenvalue weighted by Crippen LogP contribution is -2.40. The summed E-state index contributed by atoms with van der Waals surface area (Å²) in [6, 6.07) is 15.6. The fourth-order valence-electron chi connectivity index (χ4n) is 4.18. The van der Waals surface area contributed by atoms with Gasteiger partial charge in [-0.2, -0.15) is 0 Å². The lowest BCUT2D eigenvalue weighted by atomic mass is 9.92. The van der Waals surface area contributed by atoms with Crippen molar-refractivity contribution < 1.29 is 24.2 Å². The highest BCUT2D eigenvalue weighted by atomic mass is 35.5. The third kappa shape index (κ3) is 4.90. The molecule has 8 heteroatoms. The van der Waals surface area contributed by atoms with E-state index in [4.69, 9.17) is 21.1 Å². The Kier molecular flexibility index (Phi) is 7.45. The van der Waals surface area contributed by atoms with Crippen molar-refractivity contribution in [2.24, 2.45) is 0 Å². The van der Waals surface area contributed by atoms with Gasteiger partial charge in [-0.1, -0.05) is 35.9 Å². The fraction of sp³-hybridized carbons (Fsp3) is 0.269. The molecule has 0 aliphatic carbocycles. The summed E-state index contributed by atoms with van der Waals surface area (Å²) < 4.78 is 10.9. The second-order valence-corrected chi connectivity index (χ2v) is 8.34. The van der Waals surface area contributed by atoms with Gasteiger partial charge in [0.1, 0.15) is 12.6 Å². The molecule has 1 N–H and O–H groups in total. The highest BCUT2D eigenvalue weighted by Crippen LogP contribution is 2.40. The number of aliphatic carboxylic acids is 1. The number of carboxylic acid groups (broad SMARTS) is 1. The first kappa shape index (κ1) is 23.7. The van der Waals surface area contributed by atoms with E-state index in [2.05, 4.69) is 4.98 Å². The van der Waals surface area contributed by atoms with Crippen molar-refractivity contribution in [3.05, 3.63) is 71.4 Å². The van der Waals surface area contributed by atoms with Gasteiger partial charge in [-0.15, -0.1) is 0 Å². The Morgan fingerprint density at radius 2 is 1.85 bits per heavy atom. The number of pyridine rings is 1. The van der Waals surface area contributed by atoms with Crippen LogP contribution in [-0.4, -0.2) is 59.8 Å². The van der Waals surface area contributed by atoms with Crippen molar-refractivity contribution in [2.45, 2.75) is 18.9 Å². The molecule has 1 aliphatic heterocycles. The molecule has 2 heterocycles. The summed E-state index contributed by atoms with van der Waals surface area (Å²) in [6.45, 7) is 1.17. The highest BCUT2D eigenvalue weighted by molar-refractivity contribution is 6.33. The maximum Gasteiger partial charge on any atom is 0.326 e. The largest absolute Gasteiger partial charge is 0.480 e. The molecule has 0 bridgehead atoms. The molecular weight excluding hydrogens is 456 g/mol. The zero-order chi connectivity index (χ0) is 24.1. The second-order valence-electron chi connectivity index (χ2n) is 7.93. The van der Waals surface area contributed by atoms with E-state index in [1.54, 1.807) is 31.5 Å². The van der Waals surface area contributed by atoms with Crippen LogP contribution in [0.1, 0.15) is 23.2 Å². The molecular formula is C26H25ClN2O5. The molecule has 2 aromatic carbocycles. The lowest BCUT2D eigenvalue weighted by Gasteiger charge is -2.22. The molecule has 0 spiro atoms. The van der Waals surface area contributed by atoms with E-state index in [1.807, 2.05) is 36.4 Å². The number of carboxylic acids is 1. The Balaban J connectivity index is 1.81. The predicted octanol–water partition coefficient (Wildman–Crippen LogP) is 4.78. The first-order valence-corrected chi connectivity index (χ1v) is 11.4. The van der Waals surface area contributed by atoms with Crippen molar-refractivity contribution in [3.8, 4) is 28.1 Å². The van der Waals surface area contributed by atoms with Crippen LogP contribution in [0.4, 0.5) is 0 Å². The molecule has 7 nitrogen and oxygen atoms in total. The Morgan fingerprint density at radius 1 is 1.06 bits per heavy atom. The summed E-state index contributed by atoms with van der Waals surface area (Å²) in [5.41, 5.74) is 3.42. The number of carbonyl (C=O) groups excluding carboxylic acids is 1. The van der Waals surface area contributed by atoms with Crippen LogP contribution in [0, 0.1) is 0 Å². The van der Waals surface area contributed by atoms with Crippen molar-refractivity contribution in [1.82, 2.24) is 9.88 Å². The van der Waals surface area contributed by atoms with Gasteiger partial charge in [0.15, 0.2) is 0 Å². The second kappa shape index (κ2) is 10.7. The number of nitrogens with zero attached hydrogens (tertiary/aromatic N) is 2. The van der Waals surface area contributed by atoms with E-state index < -0.39 is 12.0 Å². The Labute approximate surface area is 202 Å². The number of hydrogen-bond donors (Lipinski definition) is 1. The van der Waals surface area contributed by atoms with Gasteiger partial charge in [-0.3, -0.25) is 4.79 Å². The van der Waals surface area contributed by atoms with E-state index in [9.17, 15) is 14.7 Å². The number of likely N-dealkylation sites (tertiary alicyclic amines) is 1. The molecule has 1 aliphatic rings. The first-order valence-electron chi connectivity index (χ1n) is 11.0. The van der Waals surface area contributed by atoms with Crippen LogP contribution in [-0.2, 0) is 9.53 Å². The summed E-state index contributed by atoms with van der Waals surface area (Å²) in [7, 11) is 1.60. The van der Waals surface area contributed by atoms with Crippen LogP contribution in [0.25, 0.3) is 22.3 Å². The number of amides is 1. The summed E-state index contributed by atoms with van der Waals surface area (Å²) >= 11 is 6.55. The summed E-state index contributed by atoms with van der Waals surface area (Å²) in [5.74, 6) is -0.855. The van der Waals surface area contributed by atoms with E-state index in [-0.39, 0.29) is 5.91 Å². The standard InChI is InChI=1S/C26H25ClN2O5/c1-33-14-15-34-24-20(7-4-12-28-24)18-11-10-17(16-21(18)19-6-2-3-8-22(19)27)25(30)29-13-5-9-23(29)26(31)32/h2-4,6-8,10-12,16,23H,5,9,13-15H2,1H3,(H,31,32). The Hall–Kier alpha value is -3.42. The smallest absolute Gasteiger partial charge is 0.326 e. The SMILES string of the molecule is COCCOc1ncccc1-c1ccc(C(=O)N2CCCC2C(=O)O)cc1-c1ccccc1Cl. The van der Waals surface area contributed by atoms with Crippen LogP contribution < -0.4 is 4.74 Å². The zero-order valence-corrected chi connectivity index (χ0v) is 19.5. The number of halogens is 1. The number of hydrogen-bond acceptors (Lipinski definition) is 5. The molecule has 1 unspecified atom stereocenters. The molecule has 1 amide bonds. The third-order valence-corrected chi connectivity index (χ3v) is 6.15. The van der Waals surface area contributed by atoms with Crippen LogP contribution in [0.5, 0.6) is 5.88 Å². The van der Waals surface area contributed by atoms with Crippen LogP contribution in [0.15, 0.2) is 60.8 Å². The molecule has 1 aromatic heterocycles. The maximum absolute atomic E-state index is 13.3.